The predicted octanol–water partition coefficient (Wildman–Crippen LogP) is 3.07. The van der Waals surface area contributed by atoms with Gasteiger partial charge in [-0.3, -0.25) is 4.68 Å². The van der Waals surface area contributed by atoms with E-state index in [2.05, 4.69) is 21.0 Å². The SMILES string of the molecule is Nc1nn(Cc2cc(F)ccc2Br)cc1Cl. The molecule has 2 aromatic rings. The highest BCUT2D eigenvalue weighted by Crippen LogP contribution is 2.21. The second-order valence-electron chi connectivity index (χ2n) is 3.30. The molecule has 0 fully saturated rings. The Bertz CT molecular complexity index is 507. The molecule has 1 aromatic heterocycles. The van der Waals surface area contributed by atoms with Gasteiger partial charge >= 0.3 is 0 Å². The van der Waals surface area contributed by atoms with Crippen LogP contribution in [0, 0.1) is 5.82 Å². The van der Waals surface area contributed by atoms with Gasteiger partial charge in [0, 0.05) is 10.7 Å². The Balaban J connectivity index is 2.29. The third-order valence-corrected chi connectivity index (χ3v) is 3.15. The molecule has 0 bridgehead atoms. The molecule has 1 heterocycles. The zero-order valence-corrected chi connectivity index (χ0v) is 10.5. The van der Waals surface area contributed by atoms with Gasteiger partial charge in [-0.15, -0.1) is 0 Å². The average Bonchev–Trinajstić information content (AvgIpc) is 2.52. The van der Waals surface area contributed by atoms with Crippen LogP contribution in [-0.4, -0.2) is 9.78 Å². The van der Waals surface area contributed by atoms with E-state index in [0.29, 0.717) is 11.6 Å². The number of nitrogen functional groups attached to an aromatic ring is 1. The third kappa shape index (κ3) is 2.36. The maximum Gasteiger partial charge on any atom is 0.164 e. The average molecular weight is 305 g/mol. The molecular formula is C10H8BrClFN3. The minimum atomic E-state index is -0.288. The maximum absolute atomic E-state index is 13.0. The van der Waals surface area contributed by atoms with Crippen molar-refractivity contribution in [3.8, 4) is 0 Å². The van der Waals surface area contributed by atoms with Gasteiger partial charge < -0.3 is 5.73 Å². The van der Waals surface area contributed by atoms with Gasteiger partial charge in [-0.2, -0.15) is 5.10 Å². The summed E-state index contributed by atoms with van der Waals surface area (Å²) in [5.41, 5.74) is 6.29. The molecule has 0 saturated heterocycles. The van der Waals surface area contributed by atoms with Crippen LogP contribution in [0.1, 0.15) is 5.56 Å². The third-order valence-electron chi connectivity index (χ3n) is 2.08. The molecule has 0 spiro atoms. The minimum absolute atomic E-state index is 0.272. The minimum Gasteiger partial charge on any atom is -0.381 e. The van der Waals surface area contributed by atoms with Crippen molar-refractivity contribution in [1.29, 1.82) is 0 Å². The molecule has 0 radical (unpaired) electrons. The quantitative estimate of drug-likeness (QED) is 0.926. The lowest BCUT2D eigenvalue weighted by Crippen LogP contribution is -2.02. The summed E-state index contributed by atoms with van der Waals surface area (Å²) in [5, 5.41) is 4.39. The van der Waals surface area contributed by atoms with Crippen LogP contribution >= 0.6 is 27.5 Å². The first-order valence-electron chi connectivity index (χ1n) is 4.48. The zero-order chi connectivity index (χ0) is 11.7. The standard InChI is InChI=1S/C10H8BrClFN3/c11-8-2-1-7(13)3-6(8)4-16-5-9(12)10(14)15-16/h1-3,5H,4H2,(H2,14,15). The van der Waals surface area contributed by atoms with E-state index in [1.165, 1.54) is 12.1 Å². The molecule has 0 atom stereocenters. The van der Waals surface area contributed by atoms with E-state index in [1.54, 1.807) is 16.9 Å². The van der Waals surface area contributed by atoms with Crippen LogP contribution in [0.25, 0.3) is 0 Å². The number of nitrogens with two attached hydrogens (primary N) is 1. The summed E-state index contributed by atoms with van der Waals surface area (Å²) in [5.74, 6) is -0.0152. The molecule has 6 heteroatoms. The monoisotopic (exact) mass is 303 g/mol. The highest BCUT2D eigenvalue weighted by atomic mass is 79.9. The topological polar surface area (TPSA) is 43.8 Å². The molecule has 1 aromatic carbocycles. The van der Waals surface area contributed by atoms with Crippen LogP contribution < -0.4 is 5.73 Å². The van der Waals surface area contributed by atoms with Gasteiger partial charge in [-0.25, -0.2) is 4.39 Å². The molecule has 0 amide bonds. The molecule has 2 N–H and O–H groups in total. The summed E-state index contributed by atoms with van der Waals surface area (Å²) in [6.07, 6.45) is 1.61. The van der Waals surface area contributed by atoms with Gasteiger partial charge in [0.05, 0.1) is 6.54 Å². The summed E-state index contributed by atoms with van der Waals surface area (Å²) in [7, 11) is 0. The van der Waals surface area contributed by atoms with Gasteiger partial charge in [-0.05, 0) is 23.8 Å². The van der Waals surface area contributed by atoms with Crippen LogP contribution in [0.2, 0.25) is 5.02 Å². The number of nitrogens with zero attached hydrogens (tertiary/aromatic N) is 2. The Morgan fingerprint density at radius 3 is 2.88 bits per heavy atom. The van der Waals surface area contributed by atoms with Crippen molar-refractivity contribution in [2.75, 3.05) is 5.73 Å². The summed E-state index contributed by atoms with van der Waals surface area (Å²) < 4.78 is 15.4. The lowest BCUT2D eigenvalue weighted by molar-refractivity contribution is 0.618. The number of benzene rings is 1. The molecule has 16 heavy (non-hydrogen) atoms. The highest BCUT2D eigenvalue weighted by molar-refractivity contribution is 9.10. The summed E-state index contributed by atoms with van der Waals surface area (Å²) in [6, 6.07) is 4.48. The van der Waals surface area contributed by atoms with Gasteiger partial charge in [0.25, 0.3) is 0 Å². The van der Waals surface area contributed by atoms with Gasteiger partial charge in [0.1, 0.15) is 10.8 Å². The van der Waals surface area contributed by atoms with Crippen molar-refractivity contribution in [1.82, 2.24) is 9.78 Å². The molecule has 0 unspecified atom stereocenters. The molecule has 0 saturated carbocycles. The number of hydrogen-bond donors (Lipinski definition) is 1. The van der Waals surface area contributed by atoms with E-state index in [4.69, 9.17) is 17.3 Å². The van der Waals surface area contributed by atoms with Gasteiger partial charge in [-0.1, -0.05) is 27.5 Å². The second kappa shape index (κ2) is 4.43. The lowest BCUT2D eigenvalue weighted by Gasteiger charge is -2.04. The number of aromatic nitrogens is 2. The fourth-order valence-electron chi connectivity index (χ4n) is 1.33. The van der Waals surface area contributed by atoms with Crippen molar-refractivity contribution in [3.05, 3.63) is 45.3 Å². The Kier molecular flexibility index (Phi) is 3.16. The van der Waals surface area contributed by atoms with Crippen molar-refractivity contribution in [2.45, 2.75) is 6.54 Å². The number of rotatable bonds is 2. The predicted molar refractivity (Wildman–Crippen MR) is 64.9 cm³/mol. The lowest BCUT2D eigenvalue weighted by atomic mass is 10.2. The Morgan fingerprint density at radius 2 is 2.25 bits per heavy atom. The highest BCUT2D eigenvalue weighted by Gasteiger charge is 2.06. The first-order valence-corrected chi connectivity index (χ1v) is 5.65. The van der Waals surface area contributed by atoms with Crippen LogP contribution in [-0.2, 0) is 6.54 Å². The Hall–Kier alpha value is -1.07. The fourth-order valence-corrected chi connectivity index (χ4v) is 1.85. The van der Waals surface area contributed by atoms with E-state index >= 15 is 0 Å². The second-order valence-corrected chi connectivity index (χ2v) is 4.56. The summed E-state index contributed by atoms with van der Waals surface area (Å²) >= 11 is 9.11. The van der Waals surface area contributed by atoms with E-state index in [1.807, 2.05) is 0 Å². The van der Waals surface area contributed by atoms with Crippen LogP contribution in [0.4, 0.5) is 10.2 Å². The van der Waals surface area contributed by atoms with Crippen molar-refractivity contribution in [2.24, 2.45) is 0 Å². The van der Waals surface area contributed by atoms with Gasteiger partial charge in [0.2, 0.25) is 0 Å². The van der Waals surface area contributed by atoms with E-state index < -0.39 is 0 Å². The molecule has 84 valence electrons. The smallest absolute Gasteiger partial charge is 0.164 e. The van der Waals surface area contributed by atoms with Crippen LogP contribution in [0.5, 0.6) is 0 Å². The van der Waals surface area contributed by atoms with E-state index in [9.17, 15) is 4.39 Å². The molecule has 0 aliphatic heterocycles. The van der Waals surface area contributed by atoms with E-state index in [-0.39, 0.29) is 11.6 Å². The first kappa shape index (κ1) is 11.4. The zero-order valence-electron chi connectivity index (χ0n) is 8.12. The van der Waals surface area contributed by atoms with E-state index in [0.717, 1.165) is 10.0 Å². The summed E-state index contributed by atoms with van der Waals surface area (Å²) in [6.45, 7) is 0.412. The Labute approximate surface area is 105 Å². The molecular weight excluding hydrogens is 296 g/mol. The maximum atomic E-state index is 13.0. The van der Waals surface area contributed by atoms with Gasteiger partial charge in [0.15, 0.2) is 5.82 Å². The van der Waals surface area contributed by atoms with Crippen LogP contribution in [0.15, 0.2) is 28.9 Å². The summed E-state index contributed by atoms with van der Waals surface area (Å²) in [4.78, 5) is 0. The van der Waals surface area contributed by atoms with Crippen molar-refractivity contribution < 1.29 is 4.39 Å². The normalized spacial score (nSPS) is 10.7. The number of halogens is 3. The van der Waals surface area contributed by atoms with Crippen molar-refractivity contribution in [3.63, 3.8) is 0 Å². The Morgan fingerprint density at radius 1 is 1.50 bits per heavy atom. The molecule has 0 aliphatic rings. The number of anilines is 1. The molecule has 0 aliphatic carbocycles. The number of hydrogen-bond acceptors (Lipinski definition) is 2. The fraction of sp³-hybridized carbons (Fsp3) is 0.100. The first-order chi connectivity index (χ1) is 7.56. The van der Waals surface area contributed by atoms with Crippen molar-refractivity contribution >= 4 is 33.3 Å². The molecule has 3 nitrogen and oxygen atoms in total. The van der Waals surface area contributed by atoms with Crippen LogP contribution in [0.3, 0.4) is 0 Å². The largest absolute Gasteiger partial charge is 0.381 e. The molecule has 2 rings (SSSR count).